The third-order valence-corrected chi connectivity index (χ3v) is 18.6. The van der Waals surface area contributed by atoms with Crippen LogP contribution in [-0.4, -0.2) is 239 Å². The van der Waals surface area contributed by atoms with Crippen LogP contribution in [0, 0.1) is 44.3 Å². The van der Waals surface area contributed by atoms with E-state index in [1.165, 1.54) is 6.92 Å². The van der Waals surface area contributed by atoms with Gasteiger partial charge in [0.2, 0.25) is 11.8 Å². The molecule has 0 saturated heterocycles. The van der Waals surface area contributed by atoms with Gasteiger partial charge in [0.15, 0.2) is 0 Å². The molecule has 38 nitrogen and oxygen atoms in total. The first-order valence-electron chi connectivity index (χ1n) is 44.0. The summed E-state index contributed by atoms with van der Waals surface area (Å²) in [7, 11) is 0. The minimum absolute atomic E-state index is 0.000325. The van der Waals surface area contributed by atoms with Crippen LogP contribution < -0.4 is 21.3 Å². The molecule has 0 aliphatic heterocycles. The predicted octanol–water partition coefficient (Wildman–Crippen LogP) is 12.9. The Morgan fingerprint density at radius 2 is 0.418 bits per heavy atom. The molecular weight excluding hydrogens is 1750 g/mol. The summed E-state index contributed by atoms with van der Waals surface area (Å²) in [4.78, 5) is 201. The van der Waals surface area contributed by atoms with Crippen LogP contribution in [0.3, 0.4) is 0 Å². The SMILES string of the molecule is C=C(C)C(=O)OCCNC(=O)C(C)(C)CC.C=C(C)C(=O)OCCNC(=O)OCCOC(=O)C(C)(C)CC.C=C(C)C(=O)OCCOC(=O)C(C)(C)CC.C=C(C)C(=O)OCCOC(=O)C(C)CC.C=CC(=O)OCCNC(=O)C(C)(C)CC.C=CC(=O)OCCNC(=O)OCCOC(=O)C(C)(C)CC.C=CC(=O)OCCOC(=O)C(C)(C)CC.C=CC(=O)OCCOC(=O)C(C)CC. The van der Waals surface area contributed by atoms with Crippen LogP contribution in [0.1, 0.15) is 231 Å². The first-order valence-corrected chi connectivity index (χ1v) is 44.0. The molecule has 0 heterocycles. The number of ether oxygens (including phenoxy) is 16. The van der Waals surface area contributed by atoms with Crippen LogP contribution in [0.5, 0.6) is 0 Å². The summed E-state index contributed by atoms with van der Waals surface area (Å²) < 4.78 is 77.0. The van der Waals surface area contributed by atoms with Crippen molar-refractivity contribution in [3.8, 4) is 0 Å². The smallest absolute Gasteiger partial charge is 0.407 e. The third-order valence-electron chi connectivity index (χ3n) is 18.6. The van der Waals surface area contributed by atoms with Crippen molar-refractivity contribution in [2.45, 2.75) is 231 Å². The number of hydrogen-bond acceptors (Lipinski definition) is 34. The van der Waals surface area contributed by atoms with Crippen molar-refractivity contribution in [3.05, 3.63) is 99.2 Å². The van der Waals surface area contributed by atoms with E-state index in [-0.39, 0.29) is 189 Å². The Balaban J connectivity index is -0.000000227. The molecular formula is C96H160N4O34. The van der Waals surface area contributed by atoms with Gasteiger partial charge in [-0.3, -0.25) is 38.4 Å². The Kier molecular flexibility index (Phi) is 81.6. The average Bonchev–Trinajstić information content (AvgIpc) is 0.923. The van der Waals surface area contributed by atoms with Gasteiger partial charge in [-0.05, 0) is 134 Å². The molecule has 38 heteroatoms. The van der Waals surface area contributed by atoms with Crippen LogP contribution in [0.4, 0.5) is 9.59 Å². The fourth-order valence-corrected chi connectivity index (χ4v) is 6.48. The topological polar surface area (TPSA) is 503 Å². The van der Waals surface area contributed by atoms with Crippen LogP contribution in [0.25, 0.3) is 0 Å². The minimum Gasteiger partial charge on any atom is -0.462 e. The lowest BCUT2D eigenvalue weighted by Crippen LogP contribution is -2.38. The molecule has 0 aliphatic rings. The van der Waals surface area contributed by atoms with E-state index in [0.29, 0.717) is 61.1 Å². The number of carbonyl (C=O) groups excluding carboxylic acids is 18. The predicted molar refractivity (Wildman–Crippen MR) is 502 cm³/mol. The van der Waals surface area contributed by atoms with Crippen molar-refractivity contribution < 1.29 is 162 Å². The Bertz CT molecular complexity index is 3590. The Labute approximate surface area is 794 Å². The zero-order chi connectivity index (χ0) is 106. The van der Waals surface area contributed by atoms with E-state index >= 15 is 0 Å². The third kappa shape index (κ3) is 77.6. The van der Waals surface area contributed by atoms with Gasteiger partial charge in [-0.25, -0.2) is 47.9 Å². The number of amides is 4. The number of nitrogens with one attached hydrogen (secondary N) is 4. The highest BCUT2D eigenvalue weighted by atomic mass is 16.6. The van der Waals surface area contributed by atoms with Gasteiger partial charge < -0.3 is 97.1 Å². The molecule has 0 radical (unpaired) electrons. The molecule has 4 N–H and O–H groups in total. The second-order valence-electron chi connectivity index (χ2n) is 32.7. The number of carbonyl (C=O) groups is 18. The molecule has 2 atom stereocenters. The fourth-order valence-electron chi connectivity index (χ4n) is 6.48. The van der Waals surface area contributed by atoms with Crippen LogP contribution in [0.2, 0.25) is 0 Å². The summed E-state index contributed by atoms with van der Waals surface area (Å²) in [6.07, 6.45) is 8.68. The Morgan fingerprint density at radius 1 is 0.246 bits per heavy atom. The summed E-state index contributed by atoms with van der Waals surface area (Å²) >= 11 is 0. The first kappa shape index (κ1) is 137. The lowest BCUT2D eigenvalue weighted by atomic mass is 9.89. The summed E-state index contributed by atoms with van der Waals surface area (Å²) in [6, 6.07) is 0. The summed E-state index contributed by atoms with van der Waals surface area (Å²) in [6.45, 7) is 75.7. The van der Waals surface area contributed by atoms with E-state index in [1.54, 1.807) is 62.3 Å². The zero-order valence-electron chi connectivity index (χ0n) is 84.8. The van der Waals surface area contributed by atoms with Crippen LogP contribution >= 0.6 is 0 Å². The van der Waals surface area contributed by atoms with Crippen LogP contribution in [0.15, 0.2) is 99.2 Å². The molecule has 0 saturated carbocycles. The fraction of sp³-hybridized carbons (Fsp3) is 0.646. The molecule has 0 aliphatic carbocycles. The quantitative estimate of drug-likeness (QED) is 0.0190. The first-order chi connectivity index (χ1) is 62.1. The maximum Gasteiger partial charge on any atom is 0.407 e. The van der Waals surface area contributed by atoms with E-state index in [0.717, 1.165) is 50.0 Å². The molecule has 2 unspecified atom stereocenters. The molecule has 0 bridgehead atoms. The molecule has 0 aromatic carbocycles. The van der Waals surface area contributed by atoms with Crippen molar-refractivity contribution in [3.63, 3.8) is 0 Å². The van der Waals surface area contributed by atoms with E-state index in [4.69, 9.17) is 61.6 Å². The van der Waals surface area contributed by atoms with E-state index in [2.05, 4.69) is 88.1 Å². The summed E-state index contributed by atoms with van der Waals surface area (Å²) in [5.41, 5.74) is -1.49. The van der Waals surface area contributed by atoms with E-state index in [9.17, 15) is 86.3 Å². The maximum absolute atomic E-state index is 11.6. The molecule has 768 valence electrons. The van der Waals surface area contributed by atoms with Crippen LogP contribution in [-0.2, 0) is 153 Å². The molecule has 0 spiro atoms. The zero-order valence-corrected chi connectivity index (χ0v) is 84.8. The van der Waals surface area contributed by atoms with Gasteiger partial charge in [0.25, 0.3) is 0 Å². The van der Waals surface area contributed by atoms with Gasteiger partial charge in [0.05, 0.1) is 59.7 Å². The van der Waals surface area contributed by atoms with E-state index in [1.807, 2.05) is 111 Å². The van der Waals surface area contributed by atoms with Crippen molar-refractivity contribution in [1.29, 1.82) is 0 Å². The molecule has 0 aromatic rings. The molecule has 4 amide bonds. The highest BCUT2D eigenvalue weighted by Crippen LogP contribution is 2.25. The van der Waals surface area contributed by atoms with Gasteiger partial charge >= 0.3 is 95.8 Å². The minimum atomic E-state index is -0.671. The van der Waals surface area contributed by atoms with Gasteiger partial charge in [-0.15, -0.1) is 0 Å². The maximum atomic E-state index is 11.6. The number of esters is 14. The molecule has 0 fully saturated rings. The van der Waals surface area contributed by atoms with Gasteiger partial charge in [-0.1, -0.05) is 150 Å². The van der Waals surface area contributed by atoms with Crippen molar-refractivity contribution in [2.75, 3.05) is 132 Å². The Morgan fingerprint density at radius 3 is 0.619 bits per heavy atom. The normalized spacial score (nSPS) is 10.8. The average molecular weight is 1910 g/mol. The van der Waals surface area contributed by atoms with E-state index < -0.39 is 81.6 Å². The standard InChI is InChI=1S/C15H25NO6.C14H23NO6.C12H21NO3.C12H20O4.C11H19NO3.2C11H18O4.C10H16O4/c1-6-15(4,5)13(18)21-9-10-22-14(19)16-7-8-20-12(17)11(2)3;1-5-11(16)19-8-7-15-13(18)21-10-9-20-12(17)14(3,4)6-2;1-6-12(4,5)11(15)13-7-8-16-10(14)9(2)3;1-6-12(4,5)11(14)16-8-7-15-10(13)9(2)3;1-5-9(13)15-8-7-12-10(14)11(3,4)6-2;1-5-9(4)11(13)15-7-6-14-10(12)8(2)3;1-5-9(12)14-7-8-15-10(13)11(3,4)6-2;1-4-8(3)10(12)14-7-6-13-9(11)5-2/h2,6-10H2,1,3-5H3,(H,16,19);5H,1,6-10H2,2-4H3,(H,15,18);2,6-8H2,1,3-5H3,(H,13,15);2,6-8H2,1,3-5H3;5H,1,6-8H2,2-4H3,(H,12,14);9H,2,5-7H2,1,3-4H3;5H,1,6-8H2,2-4H3;5,8H,2,4,6-7H2,1,3H3. The molecule has 0 rings (SSSR count). The number of alkyl carbamates (subject to hydrolysis) is 2. The summed E-state index contributed by atoms with van der Waals surface area (Å²) in [5.74, 6) is -5.93. The van der Waals surface area contributed by atoms with Gasteiger partial charge in [0.1, 0.15) is 106 Å². The highest BCUT2D eigenvalue weighted by molar-refractivity contribution is 5.89. The molecule has 0 aromatic heterocycles. The second kappa shape index (κ2) is 79.5. The largest absolute Gasteiger partial charge is 0.462 e. The van der Waals surface area contributed by atoms with Gasteiger partial charge in [-0.2, -0.15) is 0 Å². The lowest BCUT2D eigenvalue weighted by molar-refractivity contribution is -0.158. The number of rotatable bonds is 54. The second-order valence-corrected chi connectivity index (χ2v) is 32.7. The van der Waals surface area contributed by atoms with Gasteiger partial charge in [0, 0.05) is 57.4 Å². The molecule has 134 heavy (non-hydrogen) atoms. The number of hydrogen-bond donors (Lipinski definition) is 4. The monoisotopic (exact) mass is 1910 g/mol. The Hall–Kier alpha value is -12.0. The van der Waals surface area contributed by atoms with Crippen molar-refractivity contribution >= 4 is 108 Å². The van der Waals surface area contributed by atoms with Crippen molar-refractivity contribution in [1.82, 2.24) is 21.3 Å². The van der Waals surface area contributed by atoms with Crippen molar-refractivity contribution in [2.24, 2.45) is 44.3 Å². The highest BCUT2D eigenvalue weighted by Gasteiger charge is 2.31. The summed E-state index contributed by atoms with van der Waals surface area (Å²) in [5, 5.41) is 10.2. The lowest BCUT2D eigenvalue weighted by Gasteiger charge is -2.21.